The molecule has 0 radical (unpaired) electrons. The summed E-state index contributed by atoms with van der Waals surface area (Å²) in [7, 11) is 0. The second-order valence-corrected chi connectivity index (χ2v) is 5.96. The van der Waals surface area contributed by atoms with Gasteiger partial charge in [0.05, 0.1) is 17.6 Å². The van der Waals surface area contributed by atoms with Gasteiger partial charge in [-0.1, -0.05) is 48.5 Å². The highest BCUT2D eigenvalue weighted by atomic mass is 16.1. The average molecular weight is 352 g/mol. The summed E-state index contributed by atoms with van der Waals surface area (Å²) in [6.45, 7) is 0. The van der Waals surface area contributed by atoms with Crippen molar-refractivity contribution in [2.75, 3.05) is 0 Å². The molecule has 0 aliphatic carbocycles. The molecule has 3 aromatic heterocycles. The molecule has 0 N–H and O–H groups in total. The van der Waals surface area contributed by atoms with Crippen molar-refractivity contribution in [3.63, 3.8) is 0 Å². The van der Waals surface area contributed by atoms with E-state index in [1.807, 2.05) is 60.7 Å². The van der Waals surface area contributed by atoms with Gasteiger partial charge in [-0.15, -0.1) is 10.2 Å². The topological polar surface area (TPSA) is 86.4 Å². The lowest BCUT2D eigenvalue weighted by molar-refractivity contribution is 0.816. The molecule has 3 heterocycles. The molecule has 5 aromatic rings. The molecule has 0 amide bonds. The van der Waals surface area contributed by atoms with Crippen molar-refractivity contribution in [2.45, 2.75) is 0 Å². The van der Waals surface area contributed by atoms with Gasteiger partial charge in [-0.25, -0.2) is 9.97 Å². The highest BCUT2D eigenvalue weighted by Crippen LogP contribution is 2.19. The van der Waals surface area contributed by atoms with Gasteiger partial charge in [0, 0.05) is 5.56 Å². The Balaban J connectivity index is 1.74. The van der Waals surface area contributed by atoms with Crippen LogP contribution >= 0.6 is 0 Å². The molecule has 0 fully saturated rings. The molecule has 0 aliphatic rings. The third-order valence-electron chi connectivity index (χ3n) is 4.22. The second kappa shape index (κ2) is 6.06. The molecule has 0 atom stereocenters. The van der Waals surface area contributed by atoms with Crippen molar-refractivity contribution < 1.29 is 0 Å². The Bertz CT molecular complexity index is 1330. The van der Waals surface area contributed by atoms with Crippen molar-refractivity contribution in [1.29, 1.82) is 0 Å². The van der Waals surface area contributed by atoms with Gasteiger partial charge < -0.3 is 0 Å². The van der Waals surface area contributed by atoms with Gasteiger partial charge in [-0.3, -0.25) is 4.79 Å². The summed E-state index contributed by atoms with van der Waals surface area (Å²) in [5.74, 6) is 0. The van der Waals surface area contributed by atoms with Crippen molar-refractivity contribution in [3.8, 4) is 16.9 Å². The van der Waals surface area contributed by atoms with E-state index in [0.29, 0.717) is 28.1 Å². The lowest BCUT2D eigenvalue weighted by Gasteiger charge is -2.06. The molecular weight excluding hydrogens is 340 g/mol. The van der Waals surface area contributed by atoms with Gasteiger partial charge in [0.2, 0.25) is 5.65 Å². The molecule has 5 rings (SSSR count). The third-order valence-corrected chi connectivity index (χ3v) is 4.22. The standard InChI is InChI=1S/C20H12N6O/c27-20-18-17(12-21-26(20)14-9-5-2-6-10-14)23-19-16(22-18)11-15(24-25-19)13-7-3-1-4-8-13/h1-12H. The van der Waals surface area contributed by atoms with Crippen molar-refractivity contribution >= 4 is 22.2 Å². The molecule has 27 heavy (non-hydrogen) atoms. The highest BCUT2D eigenvalue weighted by molar-refractivity contribution is 5.84. The smallest absolute Gasteiger partial charge is 0.265 e. The van der Waals surface area contributed by atoms with E-state index in [-0.39, 0.29) is 11.1 Å². The first-order valence-electron chi connectivity index (χ1n) is 8.34. The van der Waals surface area contributed by atoms with Crippen LogP contribution in [0.3, 0.4) is 0 Å². The lowest BCUT2D eigenvalue weighted by atomic mass is 10.1. The van der Waals surface area contributed by atoms with E-state index >= 15 is 0 Å². The summed E-state index contributed by atoms with van der Waals surface area (Å²) in [6.07, 6.45) is 1.52. The fraction of sp³-hybridized carbons (Fsp3) is 0. The van der Waals surface area contributed by atoms with Gasteiger partial charge in [0.25, 0.3) is 5.56 Å². The Labute approximate surface area is 153 Å². The van der Waals surface area contributed by atoms with E-state index in [2.05, 4.69) is 25.3 Å². The average Bonchev–Trinajstić information content (AvgIpc) is 2.74. The molecule has 0 spiro atoms. The molecule has 128 valence electrons. The number of nitrogens with zero attached hydrogens (tertiary/aromatic N) is 6. The zero-order valence-electron chi connectivity index (χ0n) is 14.0. The van der Waals surface area contributed by atoms with Crippen LogP contribution in [0.2, 0.25) is 0 Å². The number of para-hydroxylation sites is 1. The van der Waals surface area contributed by atoms with Crippen LogP contribution in [-0.4, -0.2) is 29.9 Å². The molecule has 0 unspecified atom stereocenters. The number of fused-ring (bicyclic) bond motifs is 2. The maximum Gasteiger partial charge on any atom is 0.299 e. The predicted octanol–water partition coefficient (Wildman–Crippen LogP) is 2.79. The van der Waals surface area contributed by atoms with E-state index < -0.39 is 0 Å². The van der Waals surface area contributed by atoms with Gasteiger partial charge in [0.15, 0.2) is 5.52 Å². The Morgan fingerprint density at radius 1 is 0.778 bits per heavy atom. The number of hydrogen-bond donors (Lipinski definition) is 0. The predicted molar refractivity (Wildman–Crippen MR) is 101 cm³/mol. The maximum absolute atomic E-state index is 12.9. The van der Waals surface area contributed by atoms with Gasteiger partial charge in [-0.05, 0) is 18.2 Å². The third kappa shape index (κ3) is 2.62. The Morgan fingerprint density at radius 3 is 2.30 bits per heavy atom. The fourth-order valence-corrected chi connectivity index (χ4v) is 2.90. The van der Waals surface area contributed by atoms with Crippen molar-refractivity contribution in [2.24, 2.45) is 0 Å². The Morgan fingerprint density at radius 2 is 1.52 bits per heavy atom. The summed E-state index contributed by atoms with van der Waals surface area (Å²) in [4.78, 5) is 21.8. The quantitative estimate of drug-likeness (QED) is 0.454. The van der Waals surface area contributed by atoms with Gasteiger partial charge in [-0.2, -0.15) is 9.78 Å². The molecule has 0 aliphatic heterocycles. The van der Waals surface area contributed by atoms with E-state index in [0.717, 1.165) is 5.56 Å². The highest BCUT2D eigenvalue weighted by Gasteiger charge is 2.12. The first kappa shape index (κ1) is 15.3. The molecule has 7 nitrogen and oxygen atoms in total. The van der Waals surface area contributed by atoms with Gasteiger partial charge >= 0.3 is 0 Å². The minimum Gasteiger partial charge on any atom is -0.265 e. The van der Waals surface area contributed by atoms with Crippen LogP contribution in [0.25, 0.3) is 39.1 Å². The van der Waals surface area contributed by atoms with E-state index in [1.165, 1.54) is 10.9 Å². The van der Waals surface area contributed by atoms with Gasteiger partial charge in [0.1, 0.15) is 11.0 Å². The number of benzene rings is 2. The zero-order valence-corrected chi connectivity index (χ0v) is 14.0. The number of rotatable bonds is 2. The van der Waals surface area contributed by atoms with Crippen LogP contribution in [-0.2, 0) is 0 Å². The first-order valence-corrected chi connectivity index (χ1v) is 8.34. The van der Waals surface area contributed by atoms with Crippen molar-refractivity contribution in [1.82, 2.24) is 29.9 Å². The monoisotopic (exact) mass is 352 g/mol. The normalized spacial score (nSPS) is 11.1. The largest absolute Gasteiger partial charge is 0.299 e. The zero-order chi connectivity index (χ0) is 18.2. The number of hydrogen-bond acceptors (Lipinski definition) is 6. The number of aromatic nitrogens is 6. The Kier molecular flexibility index (Phi) is 3.43. The summed E-state index contributed by atoms with van der Waals surface area (Å²) in [5, 5.41) is 12.6. The fourth-order valence-electron chi connectivity index (χ4n) is 2.90. The Hall–Kier alpha value is -4.00. The molecule has 0 saturated carbocycles. The minimum atomic E-state index is -0.328. The second-order valence-electron chi connectivity index (χ2n) is 5.96. The van der Waals surface area contributed by atoms with Crippen LogP contribution < -0.4 is 5.56 Å². The molecule has 0 bridgehead atoms. The van der Waals surface area contributed by atoms with E-state index in [9.17, 15) is 4.79 Å². The van der Waals surface area contributed by atoms with Crippen LogP contribution in [0.4, 0.5) is 0 Å². The van der Waals surface area contributed by atoms with Crippen LogP contribution in [0.5, 0.6) is 0 Å². The molecule has 7 heteroatoms. The van der Waals surface area contributed by atoms with Crippen LogP contribution in [0.15, 0.2) is 77.7 Å². The SMILES string of the molecule is O=c1c2nc3cc(-c4ccccc4)nnc3nc2cnn1-c1ccccc1. The summed E-state index contributed by atoms with van der Waals surface area (Å²) < 4.78 is 1.32. The van der Waals surface area contributed by atoms with E-state index in [4.69, 9.17) is 0 Å². The molecule has 2 aromatic carbocycles. The first-order chi connectivity index (χ1) is 13.3. The molecular formula is C20H12N6O. The van der Waals surface area contributed by atoms with E-state index in [1.54, 1.807) is 6.07 Å². The summed E-state index contributed by atoms with van der Waals surface area (Å²) in [5.41, 5.74) is 3.46. The molecule has 0 saturated heterocycles. The summed E-state index contributed by atoms with van der Waals surface area (Å²) in [6, 6.07) is 20.7. The van der Waals surface area contributed by atoms with Crippen molar-refractivity contribution in [3.05, 3.63) is 83.3 Å². The lowest BCUT2D eigenvalue weighted by Crippen LogP contribution is -2.22. The maximum atomic E-state index is 12.9. The summed E-state index contributed by atoms with van der Waals surface area (Å²) >= 11 is 0. The van der Waals surface area contributed by atoms with Crippen LogP contribution in [0.1, 0.15) is 0 Å². The van der Waals surface area contributed by atoms with Crippen LogP contribution in [0, 0.1) is 0 Å². The minimum absolute atomic E-state index is 0.244.